The van der Waals surface area contributed by atoms with Crippen molar-refractivity contribution < 1.29 is 4.42 Å². The lowest BCUT2D eigenvalue weighted by atomic mass is 10.0. The van der Waals surface area contributed by atoms with Gasteiger partial charge in [0.25, 0.3) is 0 Å². The van der Waals surface area contributed by atoms with Crippen molar-refractivity contribution >= 4 is 0 Å². The van der Waals surface area contributed by atoms with Gasteiger partial charge in [0.2, 0.25) is 0 Å². The molecule has 0 N–H and O–H groups in total. The van der Waals surface area contributed by atoms with E-state index in [9.17, 15) is 0 Å². The fourth-order valence-corrected chi connectivity index (χ4v) is 1.57. The predicted molar refractivity (Wildman–Crippen MR) is 56.1 cm³/mol. The van der Waals surface area contributed by atoms with Crippen molar-refractivity contribution in [3.05, 3.63) is 42.0 Å². The van der Waals surface area contributed by atoms with E-state index in [0.717, 1.165) is 23.2 Å². The predicted octanol–water partition coefficient (Wildman–Crippen LogP) is 3.21. The van der Waals surface area contributed by atoms with E-state index in [1.807, 2.05) is 19.2 Å². The lowest BCUT2D eigenvalue weighted by Crippen LogP contribution is -1.90. The van der Waals surface area contributed by atoms with Crippen molar-refractivity contribution in [2.75, 3.05) is 0 Å². The van der Waals surface area contributed by atoms with Crippen LogP contribution >= 0.6 is 0 Å². The summed E-state index contributed by atoms with van der Waals surface area (Å²) in [5, 5.41) is 0. The first-order valence-corrected chi connectivity index (χ1v) is 4.80. The summed E-state index contributed by atoms with van der Waals surface area (Å²) in [7, 11) is 0. The second-order valence-electron chi connectivity index (χ2n) is 3.33. The first kappa shape index (κ1) is 9.00. The zero-order chi connectivity index (χ0) is 9.97. The molecule has 0 aromatic carbocycles. The molecule has 0 unspecified atom stereocenters. The summed E-state index contributed by atoms with van der Waals surface area (Å²) in [6, 6.07) is 4.08. The van der Waals surface area contributed by atoms with Gasteiger partial charge in [0.05, 0.1) is 18.2 Å². The van der Waals surface area contributed by atoms with Crippen molar-refractivity contribution in [1.82, 2.24) is 4.98 Å². The number of pyridine rings is 1. The molecular formula is C12H13NO. The summed E-state index contributed by atoms with van der Waals surface area (Å²) in [5.74, 6) is 0. The third kappa shape index (κ3) is 1.43. The standard InChI is InChI=1S/C12H13NO/c1-3-10-5-4-6-13-12(10)11-8-14-7-9(11)2/h4-8H,3H2,1-2H3. The van der Waals surface area contributed by atoms with Gasteiger partial charge in [-0.25, -0.2) is 0 Å². The monoisotopic (exact) mass is 187 g/mol. The van der Waals surface area contributed by atoms with Gasteiger partial charge in [0.1, 0.15) is 0 Å². The van der Waals surface area contributed by atoms with Crippen LogP contribution in [0.1, 0.15) is 18.1 Å². The van der Waals surface area contributed by atoms with Crippen LogP contribution in [0.2, 0.25) is 0 Å². The molecule has 2 heteroatoms. The topological polar surface area (TPSA) is 26.0 Å². The van der Waals surface area contributed by atoms with Gasteiger partial charge in [-0.1, -0.05) is 13.0 Å². The molecule has 2 heterocycles. The summed E-state index contributed by atoms with van der Waals surface area (Å²) in [5.41, 5.74) is 4.54. The molecule has 0 bridgehead atoms. The number of hydrogen-bond donors (Lipinski definition) is 0. The van der Waals surface area contributed by atoms with Gasteiger partial charge >= 0.3 is 0 Å². The van der Waals surface area contributed by atoms with Crippen LogP contribution in [0, 0.1) is 6.92 Å². The minimum absolute atomic E-state index is 0.994. The van der Waals surface area contributed by atoms with E-state index < -0.39 is 0 Å². The molecule has 0 saturated heterocycles. The SMILES string of the molecule is CCc1cccnc1-c1cocc1C. The number of hydrogen-bond acceptors (Lipinski definition) is 2. The van der Waals surface area contributed by atoms with Crippen molar-refractivity contribution in [1.29, 1.82) is 0 Å². The fraction of sp³-hybridized carbons (Fsp3) is 0.250. The van der Waals surface area contributed by atoms with Crippen LogP contribution in [0.15, 0.2) is 35.3 Å². The van der Waals surface area contributed by atoms with E-state index in [1.165, 1.54) is 5.56 Å². The van der Waals surface area contributed by atoms with E-state index in [4.69, 9.17) is 4.42 Å². The molecule has 0 spiro atoms. The van der Waals surface area contributed by atoms with Crippen LogP contribution in [0.5, 0.6) is 0 Å². The van der Waals surface area contributed by atoms with Crippen LogP contribution in [-0.4, -0.2) is 4.98 Å². The van der Waals surface area contributed by atoms with Gasteiger partial charge in [-0.05, 0) is 30.5 Å². The van der Waals surface area contributed by atoms with Crippen LogP contribution in [-0.2, 0) is 6.42 Å². The Kier molecular flexibility index (Phi) is 2.35. The molecule has 0 aliphatic carbocycles. The maximum atomic E-state index is 5.16. The van der Waals surface area contributed by atoms with Crippen molar-refractivity contribution in [2.24, 2.45) is 0 Å². The molecule has 2 aromatic rings. The zero-order valence-corrected chi connectivity index (χ0v) is 8.45. The Morgan fingerprint density at radius 3 is 2.86 bits per heavy atom. The van der Waals surface area contributed by atoms with Crippen LogP contribution in [0.25, 0.3) is 11.3 Å². The fourth-order valence-electron chi connectivity index (χ4n) is 1.57. The molecular weight excluding hydrogens is 174 g/mol. The smallest absolute Gasteiger partial charge is 0.0999 e. The summed E-state index contributed by atoms with van der Waals surface area (Å²) in [4.78, 5) is 4.39. The minimum atomic E-state index is 0.994. The second kappa shape index (κ2) is 3.66. The first-order chi connectivity index (χ1) is 6.83. The second-order valence-corrected chi connectivity index (χ2v) is 3.33. The number of aryl methyl sites for hydroxylation is 2. The quantitative estimate of drug-likeness (QED) is 0.721. The number of aromatic nitrogens is 1. The third-order valence-electron chi connectivity index (χ3n) is 2.38. The highest BCUT2D eigenvalue weighted by molar-refractivity contribution is 5.65. The molecule has 0 radical (unpaired) electrons. The molecule has 0 fully saturated rings. The molecule has 0 aliphatic heterocycles. The van der Waals surface area contributed by atoms with Crippen LogP contribution in [0.4, 0.5) is 0 Å². The van der Waals surface area contributed by atoms with Crippen LogP contribution in [0.3, 0.4) is 0 Å². The largest absolute Gasteiger partial charge is 0.472 e. The molecule has 0 atom stereocenters. The van der Waals surface area contributed by atoms with E-state index in [1.54, 1.807) is 12.5 Å². The Balaban J connectivity index is 2.56. The van der Waals surface area contributed by atoms with Gasteiger partial charge < -0.3 is 4.42 Å². The highest BCUT2D eigenvalue weighted by atomic mass is 16.3. The Morgan fingerprint density at radius 2 is 2.21 bits per heavy atom. The minimum Gasteiger partial charge on any atom is -0.472 e. The third-order valence-corrected chi connectivity index (χ3v) is 2.38. The van der Waals surface area contributed by atoms with Crippen molar-refractivity contribution in [2.45, 2.75) is 20.3 Å². The lowest BCUT2D eigenvalue weighted by Gasteiger charge is -2.04. The van der Waals surface area contributed by atoms with E-state index in [2.05, 4.69) is 18.0 Å². The summed E-state index contributed by atoms with van der Waals surface area (Å²) in [6.07, 6.45) is 6.33. The summed E-state index contributed by atoms with van der Waals surface area (Å²) in [6.45, 7) is 4.17. The van der Waals surface area contributed by atoms with E-state index in [-0.39, 0.29) is 0 Å². The highest BCUT2D eigenvalue weighted by Crippen LogP contribution is 2.25. The highest BCUT2D eigenvalue weighted by Gasteiger charge is 2.08. The van der Waals surface area contributed by atoms with Gasteiger partial charge in [0, 0.05) is 11.8 Å². The van der Waals surface area contributed by atoms with Crippen LogP contribution < -0.4 is 0 Å². The van der Waals surface area contributed by atoms with Gasteiger partial charge in [-0.15, -0.1) is 0 Å². The molecule has 0 amide bonds. The molecule has 2 nitrogen and oxygen atoms in total. The summed E-state index contributed by atoms with van der Waals surface area (Å²) < 4.78 is 5.16. The zero-order valence-electron chi connectivity index (χ0n) is 8.45. The number of rotatable bonds is 2. The number of furan rings is 1. The maximum Gasteiger partial charge on any atom is 0.0999 e. The molecule has 72 valence electrons. The first-order valence-electron chi connectivity index (χ1n) is 4.80. The maximum absolute atomic E-state index is 5.16. The Hall–Kier alpha value is -1.57. The average molecular weight is 187 g/mol. The molecule has 0 saturated carbocycles. The van der Waals surface area contributed by atoms with Gasteiger partial charge in [-0.2, -0.15) is 0 Å². The van der Waals surface area contributed by atoms with E-state index >= 15 is 0 Å². The molecule has 14 heavy (non-hydrogen) atoms. The van der Waals surface area contributed by atoms with Gasteiger partial charge in [-0.3, -0.25) is 4.98 Å². The molecule has 0 aliphatic rings. The Bertz CT molecular complexity index is 431. The molecule has 2 aromatic heterocycles. The average Bonchev–Trinajstić information content (AvgIpc) is 2.64. The van der Waals surface area contributed by atoms with Gasteiger partial charge in [0.15, 0.2) is 0 Å². The van der Waals surface area contributed by atoms with E-state index in [0.29, 0.717) is 0 Å². The normalized spacial score (nSPS) is 10.4. The number of nitrogens with zero attached hydrogens (tertiary/aromatic N) is 1. The van der Waals surface area contributed by atoms with Crippen molar-refractivity contribution in [3.63, 3.8) is 0 Å². The lowest BCUT2D eigenvalue weighted by molar-refractivity contribution is 0.566. The Morgan fingerprint density at radius 1 is 1.36 bits per heavy atom. The molecule has 2 rings (SSSR count). The van der Waals surface area contributed by atoms with Crippen molar-refractivity contribution in [3.8, 4) is 11.3 Å². The Labute approximate surface area is 83.6 Å². The summed E-state index contributed by atoms with van der Waals surface area (Å²) >= 11 is 0.